The van der Waals surface area contributed by atoms with Crippen molar-refractivity contribution >= 4 is 33.1 Å². The number of thiophene rings is 1. The number of piperidine rings is 1. The van der Waals surface area contributed by atoms with Gasteiger partial charge in [0.25, 0.3) is 5.91 Å². The lowest BCUT2D eigenvalue weighted by Crippen LogP contribution is -2.36. The Morgan fingerprint density at radius 2 is 2.00 bits per heavy atom. The van der Waals surface area contributed by atoms with Crippen LogP contribution in [0, 0.1) is 12.8 Å². The third-order valence-electron chi connectivity index (χ3n) is 5.72. The lowest BCUT2D eigenvalue weighted by Gasteiger charge is -2.25. The highest BCUT2D eigenvalue weighted by molar-refractivity contribution is 7.19. The normalized spacial score (nSPS) is 20.7. The predicted octanol–water partition coefficient (Wildman–Crippen LogP) is 3.40. The van der Waals surface area contributed by atoms with Crippen LogP contribution in [0.2, 0.25) is 0 Å². The van der Waals surface area contributed by atoms with Crippen molar-refractivity contribution in [3.05, 3.63) is 22.1 Å². The maximum absolute atomic E-state index is 12.9. The van der Waals surface area contributed by atoms with Gasteiger partial charge in [-0.05, 0) is 56.9 Å². The van der Waals surface area contributed by atoms with E-state index in [4.69, 9.17) is 9.97 Å². The summed E-state index contributed by atoms with van der Waals surface area (Å²) in [5, 5.41) is 5.66. The molecule has 3 aromatic heterocycles. The Hall–Kier alpha value is -2.02. The highest BCUT2D eigenvalue weighted by atomic mass is 32.1. The van der Waals surface area contributed by atoms with Gasteiger partial charge in [0, 0.05) is 18.0 Å². The Balaban J connectivity index is 1.67. The molecule has 0 N–H and O–H groups in total. The standard InChI is InChI=1S/C19H23N5OS/c1-11-6-7-14-13(10-11)15-17-21-16(19(25)23-8-4-3-5-9-23)22-24(17)12(2)20-18(15)26-14/h11H,3-10H2,1-2H3/t11-/m0/s1. The van der Waals surface area contributed by atoms with Gasteiger partial charge in [0.05, 0.1) is 5.39 Å². The van der Waals surface area contributed by atoms with Crippen LogP contribution in [0.15, 0.2) is 0 Å². The van der Waals surface area contributed by atoms with Crippen LogP contribution < -0.4 is 0 Å². The number of aryl methyl sites for hydroxylation is 2. The molecular weight excluding hydrogens is 346 g/mol. The maximum Gasteiger partial charge on any atom is 0.293 e. The van der Waals surface area contributed by atoms with Crippen LogP contribution in [-0.4, -0.2) is 43.5 Å². The third kappa shape index (κ3) is 2.44. The first-order chi connectivity index (χ1) is 12.6. The van der Waals surface area contributed by atoms with Crippen molar-refractivity contribution in [3.63, 3.8) is 0 Å². The first kappa shape index (κ1) is 16.2. The van der Waals surface area contributed by atoms with Crippen molar-refractivity contribution in [2.45, 2.75) is 52.4 Å². The fourth-order valence-electron chi connectivity index (χ4n) is 4.28. The number of hydrogen-bond donors (Lipinski definition) is 0. The molecule has 1 aliphatic heterocycles. The van der Waals surface area contributed by atoms with Gasteiger partial charge in [-0.25, -0.2) is 9.97 Å². The molecule has 7 heteroatoms. The van der Waals surface area contributed by atoms with Crippen molar-refractivity contribution in [2.24, 2.45) is 5.92 Å². The summed E-state index contributed by atoms with van der Waals surface area (Å²) < 4.78 is 1.77. The molecule has 0 aromatic carbocycles. The van der Waals surface area contributed by atoms with E-state index in [9.17, 15) is 4.79 Å². The molecule has 0 spiro atoms. The highest BCUT2D eigenvalue weighted by Gasteiger charge is 2.27. The lowest BCUT2D eigenvalue weighted by atomic mass is 9.89. The lowest BCUT2D eigenvalue weighted by molar-refractivity contribution is 0.0712. The molecule has 6 nitrogen and oxygen atoms in total. The maximum atomic E-state index is 12.9. The largest absolute Gasteiger partial charge is 0.336 e. The minimum absolute atomic E-state index is 0.0431. The molecule has 26 heavy (non-hydrogen) atoms. The van der Waals surface area contributed by atoms with Gasteiger partial charge in [-0.1, -0.05) is 6.92 Å². The van der Waals surface area contributed by atoms with Gasteiger partial charge < -0.3 is 4.90 Å². The van der Waals surface area contributed by atoms with Gasteiger partial charge in [-0.2, -0.15) is 4.52 Å². The molecule has 5 rings (SSSR count). The molecule has 0 bridgehead atoms. The Morgan fingerprint density at radius 1 is 1.19 bits per heavy atom. The zero-order valence-electron chi connectivity index (χ0n) is 15.3. The Morgan fingerprint density at radius 3 is 2.81 bits per heavy atom. The number of carbonyl (C=O) groups is 1. The van der Waals surface area contributed by atoms with E-state index in [2.05, 4.69) is 12.0 Å². The summed E-state index contributed by atoms with van der Waals surface area (Å²) in [6, 6.07) is 0. The first-order valence-electron chi connectivity index (χ1n) is 9.58. The van der Waals surface area contributed by atoms with E-state index in [-0.39, 0.29) is 5.91 Å². The van der Waals surface area contributed by atoms with Crippen molar-refractivity contribution < 1.29 is 4.79 Å². The van der Waals surface area contributed by atoms with E-state index >= 15 is 0 Å². The van der Waals surface area contributed by atoms with Crippen LogP contribution >= 0.6 is 11.3 Å². The van der Waals surface area contributed by atoms with E-state index in [0.717, 1.165) is 60.5 Å². The van der Waals surface area contributed by atoms with Gasteiger partial charge in [0.2, 0.25) is 5.82 Å². The molecule has 1 atom stereocenters. The smallest absolute Gasteiger partial charge is 0.293 e. The molecule has 0 radical (unpaired) electrons. The van der Waals surface area contributed by atoms with Crippen LogP contribution in [0.5, 0.6) is 0 Å². The average molecular weight is 369 g/mol. The van der Waals surface area contributed by atoms with Crippen LogP contribution in [0.4, 0.5) is 0 Å². The Labute approximate surface area is 156 Å². The summed E-state index contributed by atoms with van der Waals surface area (Å²) in [7, 11) is 0. The van der Waals surface area contributed by atoms with Gasteiger partial charge in [0.15, 0.2) is 5.65 Å². The summed E-state index contributed by atoms with van der Waals surface area (Å²) >= 11 is 1.79. The minimum Gasteiger partial charge on any atom is -0.336 e. The van der Waals surface area contributed by atoms with Crippen LogP contribution in [-0.2, 0) is 12.8 Å². The number of fused-ring (bicyclic) bond motifs is 5. The number of hydrogen-bond acceptors (Lipinski definition) is 5. The second-order valence-electron chi connectivity index (χ2n) is 7.71. The third-order valence-corrected chi connectivity index (χ3v) is 6.91. The molecule has 1 amide bonds. The molecule has 1 fully saturated rings. The quantitative estimate of drug-likeness (QED) is 0.659. The summed E-state index contributed by atoms with van der Waals surface area (Å²) in [5.41, 5.74) is 2.19. The summed E-state index contributed by atoms with van der Waals surface area (Å²) in [6.07, 6.45) is 6.76. The van der Waals surface area contributed by atoms with E-state index in [1.54, 1.807) is 15.9 Å². The van der Waals surface area contributed by atoms with Crippen molar-refractivity contribution in [2.75, 3.05) is 13.1 Å². The van der Waals surface area contributed by atoms with Crippen molar-refractivity contribution in [1.29, 1.82) is 0 Å². The molecular formula is C19H23N5OS. The van der Waals surface area contributed by atoms with Crippen LogP contribution in [0.1, 0.15) is 59.5 Å². The molecule has 0 saturated carbocycles. The zero-order valence-corrected chi connectivity index (χ0v) is 16.1. The summed E-state index contributed by atoms with van der Waals surface area (Å²) in [6.45, 7) is 5.87. The monoisotopic (exact) mass is 369 g/mol. The number of nitrogens with zero attached hydrogens (tertiary/aromatic N) is 5. The van der Waals surface area contributed by atoms with E-state index < -0.39 is 0 Å². The van der Waals surface area contributed by atoms with E-state index in [0.29, 0.717) is 11.7 Å². The van der Waals surface area contributed by atoms with Crippen molar-refractivity contribution in [3.8, 4) is 0 Å². The number of rotatable bonds is 1. The Kier molecular flexibility index (Phi) is 3.74. The van der Waals surface area contributed by atoms with Crippen LogP contribution in [0.3, 0.4) is 0 Å². The fourth-order valence-corrected chi connectivity index (χ4v) is 5.53. The van der Waals surface area contributed by atoms with Gasteiger partial charge in [-0.15, -0.1) is 16.4 Å². The molecule has 1 saturated heterocycles. The van der Waals surface area contributed by atoms with Crippen molar-refractivity contribution in [1.82, 2.24) is 24.5 Å². The zero-order chi connectivity index (χ0) is 17.8. The Bertz CT molecular complexity index is 1010. The second kappa shape index (κ2) is 6.01. The number of aromatic nitrogens is 4. The molecule has 4 heterocycles. The predicted molar refractivity (Wildman–Crippen MR) is 102 cm³/mol. The first-order valence-corrected chi connectivity index (χ1v) is 10.4. The number of carbonyl (C=O) groups excluding carboxylic acids is 1. The molecule has 2 aliphatic rings. The second-order valence-corrected chi connectivity index (χ2v) is 8.80. The van der Waals surface area contributed by atoms with Gasteiger partial charge in [-0.3, -0.25) is 4.79 Å². The minimum atomic E-state index is -0.0431. The number of amides is 1. The molecule has 0 unspecified atom stereocenters. The highest BCUT2D eigenvalue weighted by Crippen LogP contribution is 2.39. The molecule has 136 valence electrons. The molecule has 1 aliphatic carbocycles. The summed E-state index contributed by atoms with van der Waals surface area (Å²) in [4.78, 5) is 26.7. The topological polar surface area (TPSA) is 63.4 Å². The average Bonchev–Trinajstić information content (AvgIpc) is 3.23. The number of likely N-dealkylation sites (tertiary alicyclic amines) is 1. The fraction of sp³-hybridized carbons (Fsp3) is 0.579. The van der Waals surface area contributed by atoms with Gasteiger partial charge >= 0.3 is 0 Å². The SMILES string of the molecule is Cc1nc2sc3c(c2c2nc(C(=O)N4CCCCC4)nn12)C[C@@H](C)CC3. The van der Waals surface area contributed by atoms with E-state index in [1.165, 1.54) is 23.3 Å². The molecule has 3 aromatic rings. The summed E-state index contributed by atoms with van der Waals surface area (Å²) in [5.74, 6) is 1.75. The van der Waals surface area contributed by atoms with E-state index in [1.807, 2.05) is 11.8 Å². The van der Waals surface area contributed by atoms with Gasteiger partial charge in [0.1, 0.15) is 10.7 Å². The van der Waals surface area contributed by atoms with Crippen LogP contribution in [0.25, 0.3) is 15.9 Å².